The minimum atomic E-state index is -1.69. The summed E-state index contributed by atoms with van der Waals surface area (Å²) in [6.07, 6.45) is -0.150. The Hall–Kier alpha value is -0.533. The lowest BCUT2D eigenvalue weighted by Gasteiger charge is -2.36. The van der Waals surface area contributed by atoms with Crippen LogP contribution in [-0.4, -0.2) is 56.0 Å². The lowest BCUT2D eigenvalue weighted by Crippen LogP contribution is -2.41. The molecule has 0 radical (unpaired) electrons. The van der Waals surface area contributed by atoms with E-state index in [2.05, 4.69) is 33.9 Å². The summed E-state index contributed by atoms with van der Waals surface area (Å²) in [6.45, 7) is 14.6. The Bertz CT molecular complexity index is 409. The molecule has 1 rings (SSSR count). The van der Waals surface area contributed by atoms with Crippen LogP contribution in [0.2, 0.25) is 18.1 Å². The highest BCUT2D eigenvalue weighted by Gasteiger charge is 2.37. The Morgan fingerprint density at radius 1 is 1.45 bits per heavy atom. The summed E-state index contributed by atoms with van der Waals surface area (Å²) in [5.41, 5.74) is 0. The second kappa shape index (κ2) is 7.83. The fraction of sp³-hybridized carbons (Fsp3) is 0.867. The predicted molar refractivity (Wildman–Crippen MR) is 92.7 cm³/mol. The van der Waals surface area contributed by atoms with Crippen LogP contribution in [0.15, 0.2) is 0 Å². The summed E-state index contributed by atoms with van der Waals surface area (Å²) >= 11 is 1.71. The molecule has 128 valence electrons. The molecule has 1 saturated heterocycles. The fourth-order valence-electron chi connectivity index (χ4n) is 1.80. The van der Waals surface area contributed by atoms with Crippen LogP contribution in [0.5, 0.6) is 0 Å². The molecular weight excluding hydrogens is 318 g/mol. The van der Waals surface area contributed by atoms with Crippen molar-refractivity contribution < 1.29 is 18.8 Å². The monoisotopic (exact) mass is 347 g/mol. The van der Waals surface area contributed by atoms with Gasteiger partial charge in [-0.2, -0.15) is 11.8 Å². The van der Waals surface area contributed by atoms with Crippen molar-refractivity contribution in [2.24, 2.45) is 0 Å². The molecule has 0 N–H and O–H groups in total. The maximum atomic E-state index is 12.0. The van der Waals surface area contributed by atoms with Crippen LogP contribution in [-0.2, 0) is 14.0 Å². The van der Waals surface area contributed by atoms with E-state index in [0.29, 0.717) is 26.2 Å². The Morgan fingerprint density at radius 2 is 2.09 bits per heavy atom. The topological polar surface area (TPSA) is 55.8 Å². The SMILES string of the molecule is C[C@H](CC(=O)N1CCOC1=O)SCCO[Si](C)(C)C(C)(C)C. The van der Waals surface area contributed by atoms with E-state index in [1.807, 2.05) is 6.92 Å². The predicted octanol–water partition coefficient (Wildman–Crippen LogP) is 3.50. The second-order valence-corrected chi connectivity index (χ2v) is 13.5. The van der Waals surface area contributed by atoms with Crippen LogP contribution in [0.4, 0.5) is 4.79 Å². The molecule has 0 aromatic carbocycles. The maximum Gasteiger partial charge on any atom is 0.416 e. The number of carbonyl (C=O) groups excluding carboxylic acids is 2. The molecule has 0 unspecified atom stereocenters. The van der Waals surface area contributed by atoms with Gasteiger partial charge in [-0.05, 0) is 18.1 Å². The molecule has 1 aliphatic heterocycles. The van der Waals surface area contributed by atoms with Crippen LogP contribution >= 0.6 is 11.8 Å². The van der Waals surface area contributed by atoms with Gasteiger partial charge in [0, 0.05) is 24.0 Å². The van der Waals surface area contributed by atoms with E-state index in [1.165, 1.54) is 4.90 Å². The molecule has 2 amide bonds. The molecule has 5 nitrogen and oxygen atoms in total. The largest absolute Gasteiger partial charge is 0.447 e. The van der Waals surface area contributed by atoms with E-state index in [4.69, 9.17) is 9.16 Å². The van der Waals surface area contributed by atoms with Crippen molar-refractivity contribution in [3.63, 3.8) is 0 Å². The lowest BCUT2D eigenvalue weighted by molar-refractivity contribution is -0.127. The van der Waals surface area contributed by atoms with Gasteiger partial charge in [0.1, 0.15) is 6.61 Å². The average molecular weight is 348 g/mol. The second-order valence-electron chi connectivity index (χ2n) is 7.15. The Kier molecular flexibility index (Phi) is 6.95. The van der Waals surface area contributed by atoms with E-state index in [9.17, 15) is 9.59 Å². The third kappa shape index (κ3) is 5.59. The number of carbonyl (C=O) groups is 2. The normalized spacial score (nSPS) is 17.5. The molecule has 0 bridgehead atoms. The van der Waals surface area contributed by atoms with Gasteiger partial charge in [-0.15, -0.1) is 0 Å². The van der Waals surface area contributed by atoms with Gasteiger partial charge in [0.25, 0.3) is 0 Å². The summed E-state index contributed by atoms with van der Waals surface area (Å²) in [5, 5.41) is 0.388. The molecule has 22 heavy (non-hydrogen) atoms. The zero-order valence-electron chi connectivity index (χ0n) is 14.6. The van der Waals surface area contributed by atoms with E-state index in [1.54, 1.807) is 11.8 Å². The zero-order valence-corrected chi connectivity index (χ0v) is 16.4. The van der Waals surface area contributed by atoms with Gasteiger partial charge in [-0.1, -0.05) is 27.7 Å². The van der Waals surface area contributed by atoms with Crippen molar-refractivity contribution in [3.05, 3.63) is 0 Å². The van der Waals surface area contributed by atoms with E-state index in [-0.39, 0.29) is 16.2 Å². The number of hydrogen-bond donors (Lipinski definition) is 0. The van der Waals surface area contributed by atoms with Gasteiger partial charge < -0.3 is 9.16 Å². The van der Waals surface area contributed by atoms with Crippen molar-refractivity contribution in [2.45, 2.75) is 57.5 Å². The van der Waals surface area contributed by atoms with Crippen molar-refractivity contribution in [1.29, 1.82) is 0 Å². The van der Waals surface area contributed by atoms with E-state index in [0.717, 1.165) is 5.75 Å². The summed E-state index contributed by atoms with van der Waals surface area (Å²) in [7, 11) is -1.69. The van der Waals surface area contributed by atoms with Gasteiger partial charge in [-0.25, -0.2) is 9.69 Å². The van der Waals surface area contributed by atoms with Crippen molar-refractivity contribution in [2.75, 3.05) is 25.5 Å². The molecule has 0 saturated carbocycles. The Morgan fingerprint density at radius 3 is 2.59 bits per heavy atom. The third-order valence-corrected chi connectivity index (χ3v) is 9.95. The van der Waals surface area contributed by atoms with Gasteiger partial charge in [0.15, 0.2) is 8.32 Å². The van der Waals surface area contributed by atoms with E-state index >= 15 is 0 Å². The van der Waals surface area contributed by atoms with E-state index < -0.39 is 14.4 Å². The quantitative estimate of drug-likeness (QED) is 0.521. The first-order chi connectivity index (χ1) is 10.0. The van der Waals surface area contributed by atoms with Crippen LogP contribution < -0.4 is 0 Å². The number of amides is 2. The molecule has 1 heterocycles. The average Bonchev–Trinajstić information content (AvgIpc) is 2.79. The number of cyclic esters (lactones) is 1. The molecule has 0 aromatic heterocycles. The standard InChI is InChI=1S/C15H29NO4SSi/c1-12(11-13(17)16-7-8-19-14(16)18)21-10-9-20-22(5,6)15(2,3)4/h12H,7-11H2,1-6H3/t12-/m1/s1. The van der Waals surface area contributed by atoms with Crippen molar-refractivity contribution in [3.8, 4) is 0 Å². The highest BCUT2D eigenvalue weighted by atomic mass is 32.2. The number of hydrogen-bond acceptors (Lipinski definition) is 5. The molecule has 7 heteroatoms. The molecule has 0 aromatic rings. The number of imide groups is 1. The molecule has 1 aliphatic rings. The Labute approximate surface area is 139 Å². The highest BCUT2D eigenvalue weighted by molar-refractivity contribution is 7.99. The third-order valence-electron chi connectivity index (χ3n) is 4.28. The van der Waals surface area contributed by atoms with Crippen LogP contribution in [0.3, 0.4) is 0 Å². The van der Waals surface area contributed by atoms with Gasteiger partial charge in [0.2, 0.25) is 5.91 Å². The first-order valence-corrected chi connectivity index (χ1v) is 11.7. The molecule has 0 spiro atoms. The number of ether oxygens (including phenoxy) is 1. The fourth-order valence-corrected chi connectivity index (χ4v) is 3.83. The van der Waals surface area contributed by atoms with Gasteiger partial charge in [-0.3, -0.25) is 4.79 Å². The minimum Gasteiger partial charge on any atom is -0.447 e. The van der Waals surface area contributed by atoms with Crippen LogP contribution in [0, 0.1) is 0 Å². The smallest absolute Gasteiger partial charge is 0.416 e. The van der Waals surface area contributed by atoms with Gasteiger partial charge >= 0.3 is 6.09 Å². The van der Waals surface area contributed by atoms with Gasteiger partial charge in [0.05, 0.1) is 6.54 Å². The maximum absolute atomic E-state index is 12.0. The summed E-state index contributed by atoms with van der Waals surface area (Å²) < 4.78 is 10.9. The number of rotatable bonds is 7. The lowest BCUT2D eigenvalue weighted by atomic mass is 10.2. The van der Waals surface area contributed by atoms with Crippen LogP contribution in [0.25, 0.3) is 0 Å². The minimum absolute atomic E-state index is 0.146. The summed E-state index contributed by atoms with van der Waals surface area (Å²) in [4.78, 5) is 24.5. The zero-order chi connectivity index (χ0) is 17.0. The first kappa shape index (κ1) is 19.5. The molecular formula is C15H29NO4SSi. The Balaban J connectivity index is 2.25. The summed E-state index contributed by atoms with van der Waals surface area (Å²) in [6, 6.07) is 0. The summed E-state index contributed by atoms with van der Waals surface area (Å²) in [5.74, 6) is 0.721. The van der Waals surface area contributed by atoms with Crippen molar-refractivity contribution >= 4 is 32.1 Å². The molecule has 1 atom stereocenters. The van der Waals surface area contributed by atoms with Crippen molar-refractivity contribution in [1.82, 2.24) is 4.90 Å². The van der Waals surface area contributed by atoms with Crippen LogP contribution in [0.1, 0.15) is 34.1 Å². The highest BCUT2D eigenvalue weighted by Crippen LogP contribution is 2.36. The number of thioether (sulfide) groups is 1. The molecule has 1 fully saturated rings. The first-order valence-electron chi connectivity index (χ1n) is 7.77. The molecule has 0 aliphatic carbocycles. The number of nitrogens with zero attached hydrogens (tertiary/aromatic N) is 1.